The van der Waals surface area contributed by atoms with Gasteiger partial charge in [0.15, 0.2) is 16.1 Å². The Morgan fingerprint density at radius 2 is 2.36 bits per heavy atom. The highest BCUT2D eigenvalue weighted by Crippen LogP contribution is 2.29. The highest BCUT2D eigenvalue weighted by molar-refractivity contribution is 7.99. The Morgan fingerprint density at radius 1 is 1.55 bits per heavy atom. The van der Waals surface area contributed by atoms with E-state index in [0.717, 1.165) is 5.56 Å². The number of nitrogens with one attached hydrogen (secondary N) is 2. The van der Waals surface area contributed by atoms with Crippen LogP contribution in [0, 0.1) is 23.7 Å². The molecule has 2 rings (SSSR count). The minimum atomic E-state index is 0.0393. The van der Waals surface area contributed by atoms with Gasteiger partial charge in [0, 0.05) is 10.9 Å². The van der Waals surface area contributed by atoms with E-state index in [-0.39, 0.29) is 5.11 Å². The third-order valence-electron chi connectivity index (χ3n) is 2.38. The maximum absolute atomic E-state index is 9.43. The topological polar surface area (TPSA) is 99.6 Å². The summed E-state index contributed by atoms with van der Waals surface area (Å²) < 4.78 is 0. The quantitative estimate of drug-likeness (QED) is 0.248. The maximum Gasteiger partial charge on any atom is 0.191 e. The van der Waals surface area contributed by atoms with Gasteiger partial charge in [0.2, 0.25) is 0 Å². The Bertz CT molecular complexity index is 757. The summed E-state index contributed by atoms with van der Waals surface area (Å²) in [5.41, 5.74) is 12.3. The zero-order chi connectivity index (χ0) is 15.9. The molecule has 0 aliphatic rings. The van der Waals surface area contributed by atoms with E-state index in [1.165, 1.54) is 23.1 Å². The number of hydrazine groups is 1. The second-order valence-electron chi connectivity index (χ2n) is 3.81. The molecule has 4 N–H and O–H groups in total. The van der Waals surface area contributed by atoms with E-state index < -0.39 is 0 Å². The number of thiophene rings is 1. The summed E-state index contributed by atoms with van der Waals surface area (Å²) in [6, 6.07) is 3.99. The zero-order valence-electron chi connectivity index (χ0n) is 11.2. The van der Waals surface area contributed by atoms with Crippen LogP contribution in [0.1, 0.15) is 5.56 Å². The Kier molecular flexibility index (Phi) is 5.55. The first-order valence-corrected chi connectivity index (χ1v) is 8.21. The van der Waals surface area contributed by atoms with Crippen LogP contribution < -0.4 is 16.6 Å². The standard InChI is InChI=1S/C13H10N6S3/c1-2-4-22-13-16-10(8-3-5-21-7-8)9(6-14)11(17-13)18-19-12(15)20/h1,3,5,7H,4H2,(H3,15,19,20)(H,16,17,18). The van der Waals surface area contributed by atoms with Gasteiger partial charge in [-0.25, -0.2) is 9.97 Å². The highest BCUT2D eigenvalue weighted by Gasteiger charge is 2.16. The lowest BCUT2D eigenvalue weighted by Crippen LogP contribution is -2.34. The van der Waals surface area contributed by atoms with Crippen LogP contribution in [0.5, 0.6) is 0 Å². The summed E-state index contributed by atoms with van der Waals surface area (Å²) in [7, 11) is 0. The van der Waals surface area contributed by atoms with E-state index >= 15 is 0 Å². The average Bonchev–Trinajstić information content (AvgIpc) is 3.04. The monoisotopic (exact) mass is 346 g/mol. The summed E-state index contributed by atoms with van der Waals surface area (Å²) in [6.07, 6.45) is 5.26. The SMILES string of the molecule is C#CCSc1nc(NNC(N)=S)c(C#N)c(-c2ccsc2)n1. The van der Waals surface area contributed by atoms with Crippen LogP contribution in [0.4, 0.5) is 5.82 Å². The predicted molar refractivity (Wildman–Crippen MR) is 93.2 cm³/mol. The molecule has 0 saturated heterocycles. The van der Waals surface area contributed by atoms with Crippen molar-refractivity contribution in [1.82, 2.24) is 15.4 Å². The Hall–Kier alpha value is -2.33. The number of nitrogens with two attached hydrogens (primary N) is 1. The van der Waals surface area contributed by atoms with E-state index in [1.807, 2.05) is 16.8 Å². The third kappa shape index (κ3) is 3.86. The van der Waals surface area contributed by atoms with E-state index in [4.69, 9.17) is 24.4 Å². The molecule has 0 fully saturated rings. The zero-order valence-corrected chi connectivity index (χ0v) is 13.6. The van der Waals surface area contributed by atoms with Crippen molar-refractivity contribution in [2.45, 2.75) is 5.16 Å². The second-order valence-corrected chi connectivity index (χ2v) is 5.97. The molecule has 22 heavy (non-hydrogen) atoms. The number of aromatic nitrogens is 2. The van der Waals surface area contributed by atoms with Gasteiger partial charge in [-0.05, 0) is 23.7 Å². The number of terminal acetylenes is 1. The summed E-state index contributed by atoms with van der Waals surface area (Å²) in [6.45, 7) is 0. The number of nitriles is 1. The first-order chi connectivity index (χ1) is 10.7. The molecule has 0 saturated carbocycles. The molecule has 2 aromatic rings. The molecule has 110 valence electrons. The molecular weight excluding hydrogens is 336 g/mol. The fourth-order valence-electron chi connectivity index (χ4n) is 1.54. The molecular formula is C13H10N6S3. The lowest BCUT2D eigenvalue weighted by Gasteiger charge is -2.12. The van der Waals surface area contributed by atoms with Crippen LogP contribution >= 0.6 is 35.3 Å². The van der Waals surface area contributed by atoms with Crippen molar-refractivity contribution in [3.8, 4) is 29.7 Å². The van der Waals surface area contributed by atoms with Crippen molar-refractivity contribution in [2.75, 3.05) is 11.2 Å². The van der Waals surface area contributed by atoms with Gasteiger partial charge in [-0.15, -0.1) is 6.42 Å². The predicted octanol–water partition coefficient (Wildman–Crippen LogP) is 1.96. The van der Waals surface area contributed by atoms with Crippen LogP contribution in [-0.2, 0) is 0 Å². The molecule has 6 nitrogen and oxygen atoms in total. The minimum absolute atomic E-state index is 0.0393. The van der Waals surface area contributed by atoms with Gasteiger partial charge in [-0.2, -0.15) is 16.6 Å². The van der Waals surface area contributed by atoms with Crippen molar-refractivity contribution in [3.63, 3.8) is 0 Å². The van der Waals surface area contributed by atoms with Gasteiger partial charge >= 0.3 is 0 Å². The number of anilines is 1. The van der Waals surface area contributed by atoms with Crippen LogP contribution in [0.15, 0.2) is 22.0 Å². The molecule has 0 aliphatic carbocycles. The minimum Gasteiger partial charge on any atom is -0.375 e. The number of thiocarbonyl (C=S) groups is 1. The molecule has 0 unspecified atom stereocenters. The normalized spacial score (nSPS) is 9.55. The molecule has 2 aromatic heterocycles. The van der Waals surface area contributed by atoms with Crippen molar-refractivity contribution in [3.05, 3.63) is 22.4 Å². The van der Waals surface area contributed by atoms with Crippen LogP contribution in [0.2, 0.25) is 0 Å². The van der Waals surface area contributed by atoms with Crippen molar-refractivity contribution in [2.24, 2.45) is 5.73 Å². The summed E-state index contributed by atoms with van der Waals surface area (Å²) >= 11 is 7.56. The molecule has 2 heterocycles. The number of hydrogen-bond acceptors (Lipinski definition) is 7. The second kappa shape index (κ2) is 7.61. The van der Waals surface area contributed by atoms with Gasteiger partial charge in [0.1, 0.15) is 11.6 Å². The van der Waals surface area contributed by atoms with Gasteiger partial charge < -0.3 is 5.73 Å². The largest absolute Gasteiger partial charge is 0.375 e. The van der Waals surface area contributed by atoms with E-state index in [2.05, 4.69) is 32.8 Å². The van der Waals surface area contributed by atoms with Crippen molar-refractivity contribution >= 4 is 46.2 Å². The number of hydrogen-bond donors (Lipinski definition) is 3. The lowest BCUT2D eigenvalue weighted by atomic mass is 10.1. The average molecular weight is 346 g/mol. The Balaban J connectivity index is 2.50. The Labute approximate surface area is 141 Å². The summed E-state index contributed by atoms with van der Waals surface area (Å²) in [4.78, 5) is 8.69. The maximum atomic E-state index is 9.43. The molecule has 0 aliphatic heterocycles. The van der Waals surface area contributed by atoms with Gasteiger partial charge in [0.25, 0.3) is 0 Å². The molecule has 0 radical (unpaired) electrons. The number of rotatable bonds is 5. The fourth-order valence-corrected chi connectivity index (χ4v) is 2.75. The first kappa shape index (κ1) is 16.0. The van der Waals surface area contributed by atoms with E-state index in [9.17, 15) is 5.26 Å². The molecule has 0 spiro atoms. The van der Waals surface area contributed by atoms with Gasteiger partial charge in [0.05, 0.1) is 11.4 Å². The van der Waals surface area contributed by atoms with Crippen LogP contribution in [-0.4, -0.2) is 20.8 Å². The third-order valence-corrected chi connectivity index (χ3v) is 3.92. The van der Waals surface area contributed by atoms with Gasteiger partial charge in [-0.1, -0.05) is 17.7 Å². The molecule has 0 bridgehead atoms. The van der Waals surface area contributed by atoms with Gasteiger partial charge in [-0.3, -0.25) is 10.9 Å². The van der Waals surface area contributed by atoms with Crippen molar-refractivity contribution < 1.29 is 0 Å². The summed E-state index contributed by atoms with van der Waals surface area (Å²) in [5, 5.41) is 13.8. The lowest BCUT2D eigenvalue weighted by molar-refractivity contribution is 0.947. The molecule has 9 heteroatoms. The fraction of sp³-hybridized carbons (Fsp3) is 0.0769. The van der Waals surface area contributed by atoms with E-state index in [0.29, 0.717) is 28.0 Å². The molecule has 0 aromatic carbocycles. The summed E-state index contributed by atoms with van der Waals surface area (Å²) in [5.74, 6) is 3.24. The highest BCUT2D eigenvalue weighted by atomic mass is 32.2. The van der Waals surface area contributed by atoms with Crippen LogP contribution in [0.25, 0.3) is 11.3 Å². The smallest absolute Gasteiger partial charge is 0.191 e. The Morgan fingerprint density at radius 3 is 2.95 bits per heavy atom. The molecule has 0 amide bonds. The number of nitrogens with zero attached hydrogens (tertiary/aromatic N) is 3. The first-order valence-electron chi connectivity index (χ1n) is 5.88. The van der Waals surface area contributed by atoms with Crippen molar-refractivity contribution in [1.29, 1.82) is 5.26 Å². The molecule has 0 atom stereocenters. The van der Waals surface area contributed by atoms with Crippen LogP contribution in [0.3, 0.4) is 0 Å². The number of thioether (sulfide) groups is 1. The van der Waals surface area contributed by atoms with E-state index in [1.54, 1.807) is 0 Å².